The van der Waals surface area contributed by atoms with Crippen molar-refractivity contribution in [1.82, 2.24) is 14.9 Å². The largest absolute Gasteiger partial charge is 0.396 e. The molecule has 1 heterocycles. The number of aliphatic hydroxyl groups is 1. The minimum absolute atomic E-state index is 0.0239. The van der Waals surface area contributed by atoms with Gasteiger partial charge in [0, 0.05) is 35.6 Å². The number of H-pyrrole nitrogens is 1. The Balaban J connectivity index is 2.71. The number of carbonyl (C=O) groups is 1. The fourth-order valence-electron chi connectivity index (χ4n) is 2.46. The van der Waals surface area contributed by atoms with Crippen LogP contribution in [0.5, 0.6) is 0 Å². The van der Waals surface area contributed by atoms with Gasteiger partial charge >= 0.3 is 0 Å². The Morgan fingerprint density at radius 3 is 2.70 bits per heavy atom. The molecule has 0 fully saturated rings. The van der Waals surface area contributed by atoms with Crippen molar-refractivity contribution in [2.24, 2.45) is 0 Å². The van der Waals surface area contributed by atoms with E-state index in [1.165, 1.54) is 43.2 Å². The maximum atomic E-state index is 12.0. The van der Waals surface area contributed by atoms with Crippen LogP contribution in [0.2, 0.25) is 0 Å². The molecule has 8 heteroatoms. The van der Waals surface area contributed by atoms with E-state index < -0.39 is 0 Å². The highest BCUT2D eigenvalue weighted by atomic mass is 33.1. The van der Waals surface area contributed by atoms with E-state index in [1.54, 1.807) is 28.5 Å². The molecule has 27 heavy (non-hydrogen) atoms. The van der Waals surface area contributed by atoms with E-state index in [0.29, 0.717) is 17.8 Å². The van der Waals surface area contributed by atoms with Crippen LogP contribution < -0.4 is 5.56 Å². The van der Waals surface area contributed by atoms with Gasteiger partial charge in [0.2, 0.25) is 6.41 Å². The van der Waals surface area contributed by atoms with Crippen LogP contribution in [-0.2, 0) is 11.3 Å². The van der Waals surface area contributed by atoms with Crippen LogP contribution in [0.15, 0.2) is 21.6 Å². The summed E-state index contributed by atoms with van der Waals surface area (Å²) >= 11 is 0. The fourth-order valence-corrected chi connectivity index (χ4v) is 5.07. The molecule has 1 amide bonds. The second kappa shape index (κ2) is 13.8. The molecule has 152 valence electrons. The maximum absolute atomic E-state index is 12.0. The Bertz CT molecular complexity index is 662. The molecule has 1 rings (SSSR count). The molecular weight excluding hydrogens is 382 g/mol. The molecule has 0 unspecified atom stereocenters. The molecule has 2 N–H and O–H groups in total. The summed E-state index contributed by atoms with van der Waals surface area (Å²) in [5.74, 6) is 1.58. The second-order valence-corrected chi connectivity index (χ2v) is 8.87. The number of hydrogen-bond donors (Lipinski definition) is 2. The first-order valence-corrected chi connectivity index (χ1v) is 11.7. The van der Waals surface area contributed by atoms with Crippen LogP contribution in [0.1, 0.15) is 63.8 Å². The number of nitrogens with zero attached hydrogens (tertiary/aromatic N) is 2. The van der Waals surface area contributed by atoms with Crippen molar-refractivity contribution in [3.8, 4) is 0 Å². The Morgan fingerprint density at radius 2 is 2.07 bits per heavy atom. The zero-order valence-electron chi connectivity index (χ0n) is 16.5. The van der Waals surface area contributed by atoms with Gasteiger partial charge in [-0.3, -0.25) is 9.59 Å². The van der Waals surface area contributed by atoms with Gasteiger partial charge in [-0.2, -0.15) is 0 Å². The van der Waals surface area contributed by atoms with Crippen molar-refractivity contribution in [3.63, 3.8) is 0 Å². The average Bonchev–Trinajstić information content (AvgIpc) is 2.65. The summed E-state index contributed by atoms with van der Waals surface area (Å²) in [5, 5.41) is 9.38. The summed E-state index contributed by atoms with van der Waals surface area (Å²) in [4.78, 5) is 32.8. The smallest absolute Gasteiger partial charge is 0.255 e. The summed E-state index contributed by atoms with van der Waals surface area (Å²) in [6.07, 6.45) is 8.93. The Morgan fingerprint density at radius 1 is 1.33 bits per heavy atom. The fraction of sp³-hybridized carbons (Fsp3) is 0.632. The van der Waals surface area contributed by atoms with E-state index in [4.69, 9.17) is 0 Å². The van der Waals surface area contributed by atoms with Crippen LogP contribution in [0.25, 0.3) is 0 Å². The van der Waals surface area contributed by atoms with Gasteiger partial charge in [0.1, 0.15) is 5.82 Å². The molecule has 6 nitrogen and oxygen atoms in total. The number of aryl methyl sites for hydroxylation is 1. The molecule has 0 radical (unpaired) electrons. The summed E-state index contributed by atoms with van der Waals surface area (Å²) < 4.78 is 0. The predicted octanol–water partition coefficient (Wildman–Crippen LogP) is 4.00. The lowest BCUT2D eigenvalue weighted by Crippen LogP contribution is -2.26. The number of aromatic amines is 1. The van der Waals surface area contributed by atoms with Gasteiger partial charge < -0.3 is 15.0 Å². The molecular formula is C19H31N3O3S2. The normalized spacial score (nSPS) is 12.0. The van der Waals surface area contributed by atoms with Gasteiger partial charge in [0.25, 0.3) is 5.56 Å². The third-order valence-electron chi connectivity index (χ3n) is 4.13. The predicted molar refractivity (Wildman–Crippen MR) is 114 cm³/mol. The van der Waals surface area contributed by atoms with Gasteiger partial charge in [-0.15, -0.1) is 0 Å². The Hall–Kier alpha value is -1.25. The van der Waals surface area contributed by atoms with E-state index >= 15 is 0 Å². The van der Waals surface area contributed by atoms with Crippen molar-refractivity contribution < 1.29 is 9.90 Å². The molecule has 0 spiro atoms. The zero-order chi connectivity index (χ0) is 20.1. The van der Waals surface area contributed by atoms with Crippen LogP contribution in [0, 0.1) is 6.92 Å². The number of allylic oxidation sites excluding steroid dienone is 1. The minimum Gasteiger partial charge on any atom is -0.396 e. The van der Waals surface area contributed by atoms with Crippen molar-refractivity contribution in [2.75, 3.05) is 12.4 Å². The number of unbranched alkanes of at least 4 members (excludes halogenated alkanes) is 4. The summed E-state index contributed by atoms with van der Waals surface area (Å²) in [7, 11) is 3.36. The highest BCUT2D eigenvalue weighted by Gasteiger charge is 2.14. The van der Waals surface area contributed by atoms with E-state index in [0.717, 1.165) is 22.8 Å². The number of aliphatic hydroxyl groups excluding tert-OH is 1. The quantitative estimate of drug-likeness (QED) is 0.272. The molecule has 0 aliphatic carbocycles. The topological polar surface area (TPSA) is 86.3 Å². The van der Waals surface area contributed by atoms with Crippen LogP contribution in [-0.4, -0.2) is 38.7 Å². The molecule has 0 aliphatic heterocycles. The van der Waals surface area contributed by atoms with Gasteiger partial charge in [0.15, 0.2) is 0 Å². The summed E-state index contributed by atoms with van der Waals surface area (Å²) in [6.45, 7) is 5.96. The number of rotatable bonds is 14. The summed E-state index contributed by atoms with van der Waals surface area (Å²) in [5.41, 5.74) is 0.964. The van der Waals surface area contributed by atoms with Crippen LogP contribution in [0.3, 0.4) is 0 Å². The first-order valence-electron chi connectivity index (χ1n) is 9.40. The lowest BCUT2D eigenvalue weighted by molar-refractivity contribution is -0.116. The van der Waals surface area contributed by atoms with E-state index in [2.05, 4.69) is 16.9 Å². The van der Waals surface area contributed by atoms with Crippen molar-refractivity contribution >= 4 is 28.0 Å². The molecule has 0 bridgehead atoms. The lowest BCUT2D eigenvalue weighted by atomic mass is 10.2. The monoisotopic (exact) mass is 413 g/mol. The van der Waals surface area contributed by atoms with Crippen LogP contribution >= 0.6 is 21.6 Å². The molecule has 0 aliphatic rings. The lowest BCUT2D eigenvalue weighted by Gasteiger charge is -2.21. The molecule has 0 atom stereocenters. The molecule has 1 aromatic rings. The van der Waals surface area contributed by atoms with Gasteiger partial charge in [-0.05, 0) is 20.3 Å². The molecule has 0 aromatic carbocycles. The Kier molecular flexibility index (Phi) is 12.2. The first-order chi connectivity index (χ1) is 13.0. The van der Waals surface area contributed by atoms with E-state index in [1.807, 2.05) is 6.92 Å². The van der Waals surface area contributed by atoms with E-state index in [-0.39, 0.29) is 18.7 Å². The highest BCUT2D eigenvalue weighted by molar-refractivity contribution is 8.78. The average molecular weight is 414 g/mol. The summed E-state index contributed by atoms with van der Waals surface area (Å²) in [6, 6.07) is 0. The molecule has 1 aromatic heterocycles. The number of carbonyl (C=O) groups excluding carboxylic acids is 1. The third kappa shape index (κ3) is 8.99. The van der Waals surface area contributed by atoms with Gasteiger partial charge in [-0.25, -0.2) is 4.98 Å². The maximum Gasteiger partial charge on any atom is 0.255 e. The number of aromatic nitrogens is 2. The third-order valence-corrected chi connectivity index (χ3v) is 6.86. The second-order valence-electron chi connectivity index (χ2n) is 6.36. The first kappa shape index (κ1) is 23.8. The number of amides is 1. The molecule has 0 saturated heterocycles. The minimum atomic E-state index is -0.236. The van der Waals surface area contributed by atoms with Crippen LogP contribution in [0.4, 0.5) is 0 Å². The van der Waals surface area contributed by atoms with Crippen molar-refractivity contribution in [3.05, 3.63) is 38.5 Å². The highest BCUT2D eigenvalue weighted by Crippen LogP contribution is 2.35. The van der Waals surface area contributed by atoms with Crippen molar-refractivity contribution in [2.45, 2.75) is 65.8 Å². The SMILES string of the molecule is CCCCCCCSS/C(CCO)=C(/C)N(C=O)Cc1cnc(C)[nH]c1=O. The Labute approximate surface area is 169 Å². The van der Waals surface area contributed by atoms with Crippen molar-refractivity contribution in [1.29, 1.82) is 0 Å². The standard InChI is InChI=1S/C19H31N3O3S2/c1-4-5-6-7-8-11-26-27-18(9-10-23)15(2)22(14-24)13-17-12-20-16(3)21-19(17)25/h12,14,23H,4-11,13H2,1-3H3,(H,20,21,25)/b18-15-. The number of nitrogens with one attached hydrogen (secondary N) is 1. The van der Waals surface area contributed by atoms with Gasteiger partial charge in [0.05, 0.1) is 12.1 Å². The van der Waals surface area contributed by atoms with Gasteiger partial charge in [-0.1, -0.05) is 54.2 Å². The van der Waals surface area contributed by atoms with E-state index in [9.17, 15) is 14.7 Å². The molecule has 0 saturated carbocycles. The zero-order valence-corrected chi connectivity index (χ0v) is 18.1. The number of hydrogen-bond acceptors (Lipinski definition) is 6.